The lowest BCUT2D eigenvalue weighted by Gasteiger charge is -2.08. The van der Waals surface area contributed by atoms with E-state index in [4.69, 9.17) is 11.6 Å². The zero-order valence-corrected chi connectivity index (χ0v) is 9.91. The van der Waals surface area contributed by atoms with E-state index >= 15 is 0 Å². The van der Waals surface area contributed by atoms with Crippen molar-refractivity contribution in [3.05, 3.63) is 41.7 Å². The molecule has 0 aliphatic carbocycles. The molecule has 0 bridgehead atoms. The van der Waals surface area contributed by atoms with Gasteiger partial charge in [-0.25, -0.2) is 4.98 Å². The van der Waals surface area contributed by atoms with Crippen LogP contribution in [-0.4, -0.2) is 23.1 Å². The average Bonchev–Trinajstić information content (AvgIpc) is 2.75. The van der Waals surface area contributed by atoms with Crippen LogP contribution in [0.4, 0.5) is 0 Å². The van der Waals surface area contributed by atoms with Gasteiger partial charge in [-0.3, -0.25) is 0 Å². The van der Waals surface area contributed by atoms with Gasteiger partial charge in [-0.1, -0.05) is 23.7 Å². The minimum absolute atomic E-state index is 0.736. The lowest BCUT2D eigenvalue weighted by Crippen LogP contribution is -2.15. The molecule has 0 unspecified atom stereocenters. The maximum atomic E-state index is 6.15. The number of halogens is 1. The van der Waals surface area contributed by atoms with Crippen LogP contribution in [0.2, 0.25) is 5.02 Å². The molecule has 0 fully saturated rings. The number of hydrogen-bond acceptors (Lipinski definition) is 2. The second-order valence-corrected chi connectivity index (χ2v) is 3.93. The molecule has 0 radical (unpaired) electrons. The largest absolute Gasteiger partial charge is 0.330 e. The van der Waals surface area contributed by atoms with E-state index < -0.39 is 0 Å². The third-order valence-electron chi connectivity index (χ3n) is 2.43. The molecule has 1 aromatic heterocycles. The second-order valence-electron chi connectivity index (χ2n) is 3.53. The Kier molecular flexibility index (Phi) is 3.59. The predicted molar refractivity (Wildman–Crippen MR) is 66.6 cm³/mol. The van der Waals surface area contributed by atoms with Crippen LogP contribution in [0.25, 0.3) is 11.4 Å². The number of likely N-dealkylation sites (N-methyl/N-ethyl adjacent to an activating group) is 1. The lowest BCUT2D eigenvalue weighted by atomic mass is 10.2. The number of rotatable bonds is 4. The van der Waals surface area contributed by atoms with Crippen molar-refractivity contribution in [1.29, 1.82) is 0 Å². The van der Waals surface area contributed by atoms with Crippen LogP contribution in [0.1, 0.15) is 0 Å². The van der Waals surface area contributed by atoms with Gasteiger partial charge >= 0.3 is 0 Å². The fourth-order valence-electron chi connectivity index (χ4n) is 1.61. The van der Waals surface area contributed by atoms with E-state index in [9.17, 15) is 0 Å². The van der Waals surface area contributed by atoms with Crippen LogP contribution in [-0.2, 0) is 6.54 Å². The fourth-order valence-corrected chi connectivity index (χ4v) is 1.83. The molecule has 84 valence electrons. The van der Waals surface area contributed by atoms with Crippen LogP contribution in [0.5, 0.6) is 0 Å². The highest BCUT2D eigenvalue weighted by Gasteiger charge is 2.08. The first-order chi connectivity index (χ1) is 7.83. The van der Waals surface area contributed by atoms with Crippen molar-refractivity contribution in [3.8, 4) is 11.4 Å². The minimum Gasteiger partial charge on any atom is -0.330 e. The molecule has 0 atom stereocenters. The zero-order chi connectivity index (χ0) is 11.4. The molecule has 0 aliphatic heterocycles. The molecule has 0 saturated carbocycles. The van der Waals surface area contributed by atoms with Crippen LogP contribution < -0.4 is 5.32 Å². The number of benzene rings is 1. The molecular formula is C12H14ClN3. The van der Waals surface area contributed by atoms with Crippen LogP contribution in [0.15, 0.2) is 36.7 Å². The lowest BCUT2D eigenvalue weighted by molar-refractivity contribution is 0.649. The molecular weight excluding hydrogens is 222 g/mol. The molecule has 4 heteroatoms. The molecule has 1 aromatic carbocycles. The van der Waals surface area contributed by atoms with Gasteiger partial charge in [-0.15, -0.1) is 0 Å². The Hall–Kier alpha value is -1.32. The van der Waals surface area contributed by atoms with Gasteiger partial charge in [0.05, 0.1) is 5.02 Å². The summed E-state index contributed by atoms with van der Waals surface area (Å²) in [6.45, 7) is 1.80. The third-order valence-corrected chi connectivity index (χ3v) is 2.76. The smallest absolute Gasteiger partial charge is 0.141 e. The summed E-state index contributed by atoms with van der Waals surface area (Å²) in [4.78, 5) is 4.35. The first kappa shape index (κ1) is 11.2. The third kappa shape index (κ3) is 2.26. The maximum Gasteiger partial charge on any atom is 0.141 e. The molecule has 0 saturated heterocycles. The maximum absolute atomic E-state index is 6.15. The minimum atomic E-state index is 0.736. The highest BCUT2D eigenvalue weighted by atomic mass is 35.5. The molecule has 2 aromatic rings. The Morgan fingerprint density at radius 3 is 2.94 bits per heavy atom. The Labute approximate surface area is 100 Å². The quantitative estimate of drug-likeness (QED) is 0.882. The first-order valence-electron chi connectivity index (χ1n) is 5.23. The van der Waals surface area contributed by atoms with E-state index in [2.05, 4.69) is 14.9 Å². The van der Waals surface area contributed by atoms with Crippen molar-refractivity contribution in [2.24, 2.45) is 0 Å². The molecule has 0 spiro atoms. The van der Waals surface area contributed by atoms with Gasteiger partial charge in [-0.2, -0.15) is 0 Å². The monoisotopic (exact) mass is 235 g/mol. The average molecular weight is 236 g/mol. The Balaban J connectivity index is 2.33. The summed E-state index contributed by atoms with van der Waals surface area (Å²) < 4.78 is 2.09. The van der Waals surface area contributed by atoms with E-state index in [0.717, 1.165) is 29.5 Å². The molecule has 1 N–H and O–H groups in total. The molecule has 0 aliphatic rings. The number of hydrogen-bond donors (Lipinski definition) is 1. The number of imidazole rings is 1. The summed E-state index contributed by atoms with van der Waals surface area (Å²) in [5.74, 6) is 0.917. The number of aromatic nitrogens is 2. The van der Waals surface area contributed by atoms with Gasteiger partial charge in [0.25, 0.3) is 0 Å². The van der Waals surface area contributed by atoms with Crippen molar-refractivity contribution in [1.82, 2.24) is 14.9 Å². The Morgan fingerprint density at radius 2 is 2.19 bits per heavy atom. The molecule has 16 heavy (non-hydrogen) atoms. The summed E-state index contributed by atoms with van der Waals surface area (Å²) in [6, 6.07) is 7.76. The van der Waals surface area contributed by atoms with E-state index in [-0.39, 0.29) is 0 Å². The van der Waals surface area contributed by atoms with Crippen LogP contribution >= 0.6 is 11.6 Å². The first-order valence-corrected chi connectivity index (χ1v) is 5.61. The van der Waals surface area contributed by atoms with Gasteiger partial charge in [0.2, 0.25) is 0 Å². The molecule has 0 amide bonds. The van der Waals surface area contributed by atoms with Crippen molar-refractivity contribution < 1.29 is 0 Å². The van der Waals surface area contributed by atoms with Crippen molar-refractivity contribution >= 4 is 11.6 Å². The van der Waals surface area contributed by atoms with Crippen LogP contribution in [0.3, 0.4) is 0 Å². The summed E-state index contributed by atoms with van der Waals surface area (Å²) >= 11 is 6.15. The summed E-state index contributed by atoms with van der Waals surface area (Å²) in [5.41, 5.74) is 0.977. The Morgan fingerprint density at radius 1 is 1.38 bits per heavy atom. The van der Waals surface area contributed by atoms with E-state index in [1.165, 1.54) is 0 Å². The fraction of sp³-hybridized carbons (Fsp3) is 0.250. The predicted octanol–water partition coefficient (Wildman–Crippen LogP) is 2.42. The Bertz CT molecular complexity index is 465. The van der Waals surface area contributed by atoms with Gasteiger partial charge < -0.3 is 9.88 Å². The number of nitrogens with zero attached hydrogens (tertiary/aromatic N) is 2. The van der Waals surface area contributed by atoms with Crippen molar-refractivity contribution in [3.63, 3.8) is 0 Å². The van der Waals surface area contributed by atoms with Crippen molar-refractivity contribution in [2.45, 2.75) is 6.54 Å². The highest BCUT2D eigenvalue weighted by Crippen LogP contribution is 2.25. The normalized spacial score (nSPS) is 10.6. The van der Waals surface area contributed by atoms with E-state index in [1.807, 2.05) is 37.5 Å². The zero-order valence-electron chi connectivity index (χ0n) is 9.15. The number of nitrogens with one attached hydrogen (secondary N) is 1. The molecule has 3 nitrogen and oxygen atoms in total. The van der Waals surface area contributed by atoms with E-state index in [1.54, 1.807) is 6.20 Å². The summed E-state index contributed by atoms with van der Waals surface area (Å²) in [5, 5.41) is 3.85. The van der Waals surface area contributed by atoms with Gasteiger partial charge in [0.15, 0.2) is 0 Å². The van der Waals surface area contributed by atoms with Crippen LogP contribution in [0, 0.1) is 0 Å². The standard InChI is InChI=1S/C12H14ClN3/c1-14-6-8-16-9-7-15-12(16)10-4-2-3-5-11(10)13/h2-5,7,9,14H,6,8H2,1H3. The highest BCUT2D eigenvalue weighted by molar-refractivity contribution is 6.33. The van der Waals surface area contributed by atoms with Gasteiger partial charge in [-0.05, 0) is 19.2 Å². The topological polar surface area (TPSA) is 29.9 Å². The van der Waals surface area contributed by atoms with Crippen molar-refractivity contribution in [2.75, 3.05) is 13.6 Å². The van der Waals surface area contributed by atoms with Gasteiger partial charge in [0.1, 0.15) is 5.82 Å². The van der Waals surface area contributed by atoms with E-state index in [0.29, 0.717) is 0 Å². The SMILES string of the molecule is CNCCn1ccnc1-c1ccccc1Cl. The summed E-state index contributed by atoms with van der Waals surface area (Å²) in [6.07, 6.45) is 3.77. The van der Waals surface area contributed by atoms with Gasteiger partial charge in [0, 0.05) is 31.0 Å². The molecule has 1 heterocycles. The molecule has 2 rings (SSSR count). The summed E-state index contributed by atoms with van der Waals surface area (Å²) in [7, 11) is 1.94. The second kappa shape index (κ2) is 5.14.